The maximum atomic E-state index is 5.76. The highest BCUT2D eigenvalue weighted by Crippen LogP contribution is 2.26. The summed E-state index contributed by atoms with van der Waals surface area (Å²) in [6.07, 6.45) is 1.28. The third kappa shape index (κ3) is 2.93. The number of nitrogen functional groups attached to an aromatic ring is 1. The van der Waals surface area contributed by atoms with Crippen LogP contribution in [0.1, 0.15) is 6.42 Å². The standard InChI is InChI=1S/C11H15IN2S/c12-10-8-9(13)2-3-11(10)14-4-1-6-15-7-5-14/h2-3,8H,1,4-7,13H2. The molecule has 1 saturated heterocycles. The van der Waals surface area contributed by atoms with Crippen molar-refractivity contribution in [1.29, 1.82) is 0 Å². The Hall–Kier alpha value is -0.100. The van der Waals surface area contributed by atoms with Gasteiger partial charge in [0.15, 0.2) is 0 Å². The van der Waals surface area contributed by atoms with Crippen molar-refractivity contribution in [2.75, 3.05) is 35.2 Å². The highest BCUT2D eigenvalue weighted by atomic mass is 127. The molecule has 2 rings (SSSR count). The lowest BCUT2D eigenvalue weighted by Crippen LogP contribution is -2.26. The molecule has 0 saturated carbocycles. The third-order valence-electron chi connectivity index (χ3n) is 2.53. The second-order valence-electron chi connectivity index (χ2n) is 3.66. The van der Waals surface area contributed by atoms with E-state index < -0.39 is 0 Å². The molecule has 0 aromatic heterocycles. The first-order chi connectivity index (χ1) is 7.27. The number of anilines is 2. The summed E-state index contributed by atoms with van der Waals surface area (Å²) < 4.78 is 1.26. The summed E-state index contributed by atoms with van der Waals surface area (Å²) >= 11 is 4.43. The Labute approximate surface area is 109 Å². The van der Waals surface area contributed by atoms with Crippen molar-refractivity contribution >= 4 is 45.7 Å². The first-order valence-electron chi connectivity index (χ1n) is 5.15. The zero-order valence-electron chi connectivity index (χ0n) is 8.58. The van der Waals surface area contributed by atoms with E-state index in [0.717, 1.165) is 12.2 Å². The van der Waals surface area contributed by atoms with Crippen LogP contribution < -0.4 is 10.6 Å². The van der Waals surface area contributed by atoms with Gasteiger partial charge < -0.3 is 10.6 Å². The molecule has 1 heterocycles. The first kappa shape index (κ1) is 11.4. The summed E-state index contributed by atoms with van der Waals surface area (Å²) in [6, 6.07) is 6.19. The number of hydrogen-bond donors (Lipinski definition) is 1. The Bertz CT molecular complexity index is 335. The zero-order chi connectivity index (χ0) is 10.7. The molecule has 2 nitrogen and oxygen atoms in total. The summed E-state index contributed by atoms with van der Waals surface area (Å²) in [4.78, 5) is 2.47. The largest absolute Gasteiger partial charge is 0.399 e. The molecular weight excluding hydrogens is 319 g/mol. The van der Waals surface area contributed by atoms with Crippen molar-refractivity contribution in [3.05, 3.63) is 21.8 Å². The quantitative estimate of drug-likeness (QED) is 0.633. The number of benzene rings is 1. The fourth-order valence-corrected chi connectivity index (χ4v) is 3.53. The smallest absolute Gasteiger partial charge is 0.0503 e. The molecule has 0 spiro atoms. The van der Waals surface area contributed by atoms with Crippen LogP contribution >= 0.6 is 34.4 Å². The van der Waals surface area contributed by atoms with Crippen LogP contribution in [-0.2, 0) is 0 Å². The number of nitrogens with two attached hydrogens (primary N) is 1. The highest BCUT2D eigenvalue weighted by molar-refractivity contribution is 14.1. The predicted octanol–water partition coefficient (Wildman–Crippen LogP) is 2.82. The highest BCUT2D eigenvalue weighted by Gasteiger charge is 2.12. The van der Waals surface area contributed by atoms with Gasteiger partial charge in [-0.2, -0.15) is 11.8 Å². The molecule has 0 bridgehead atoms. The van der Waals surface area contributed by atoms with E-state index in [9.17, 15) is 0 Å². The Morgan fingerprint density at radius 2 is 2.13 bits per heavy atom. The van der Waals surface area contributed by atoms with Crippen LogP contribution in [-0.4, -0.2) is 24.6 Å². The number of thioether (sulfide) groups is 1. The van der Waals surface area contributed by atoms with Gasteiger partial charge >= 0.3 is 0 Å². The molecule has 1 aliphatic heterocycles. The second-order valence-corrected chi connectivity index (χ2v) is 6.05. The Morgan fingerprint density at radius 1 is 1.27 bits per heavy atom. The molecule has 1 fully saturated rings. The van der Waals surface area contributed by atoms with E-state index in [1.165, 1.54) is 33.7 Å². The van der Waals surface area contributed by atoms with Gasteiger partial charge in [-0.3, -0.25) is 0 Å². The van der Waals surface area contributed by atoms with Crippen molar-refractivity contribution in [2.24, 2.45) is 0 Å². The lowest BCUT2D eigenvalue weighted by molar-refractivity contribution is 0.814. The average Bonchev–Trinajstić information content (AvgIpc) is 2.46. The summed E-state index contributed by atoms with van der Waals surface area (Å²) in [5.41, 5.74) is 7.95. The monoisotopic (exact) mass is 334 g/mol. The van der Waals surface area contributed by atoms with Gasteiger partial charge in [0.1, 0.15) is 0 Å². The molecule has 0 aliphatic carbocycles. The summed E-state index contributed by atoms with van der Waals surface area (Å²) in [6.45, 7) is 2.33. The van der Waals surface area contributed by atoms with E-state index in [2.05, 4.69) is 45.3 Å². The molecule has 82 valence electrons. The number of hydrogen-bond acceptors (Lipinski definition) is 3. The van der Waals surface area contributed by atoms with Crippen molar-refractivity contribution in [3.8, 4) is 0 Å². The molecule has 0 radical (unpaired) electrons. The van der Waals surface area contributed by atoms with Crippen LogP contribution in [0.2, 0.25) is 0 Å². The van der Waals surface area contributed by atoms with Gasteiger partial charge in [-0.25, -0.2) is 0 Å². The van der Waals surface area contributed by atoms with Crippen molar-refractivity contribution in [3.63, 3.8) is 0 Å². The molecule has 0 unspecified atom stereocenters. The van der Waals surface area contributed by atoms with Gasteiger partial charge in [0, 0.05) is 28.1 Å². The minimum absolute atomic E-state index is 0.854. The van der Waals surface area contributed by atoms with Crippen LogP contribution in [0.4, 0.5) is 11.4 Å². The van der Waals surface area contributed by atoms with Gasteiger partial charge in [-0.05, 0) is 53.0 Å². The predicted molar refractivity (Wildman–Crippen MR) is 77.7 cm³/mol. The van der Waals surface area contributed by atoms with E-state index in [1.54, 1.807) is 0 Å². The summed E-state index contributed by atoms with van der Waals surface area (Å²) in [5.74, 6) is 2.53. The van der Waals surface area contributed by atoms with Crippen molar-refractivity contribution < 1.29 is 0 Å². The number of halogens is 1. The van der Waals surface area contributed by atoms with E-state index in [0.29, 0.717) is 0 Å². The molecule has 15 heavy (non-hydrogen) atoms. The minimum atomic E-state index is 0.854. The Morgan fingerprint density at radius 3 is 2.93 bits per heavy atom. The van der Waals surface area contributed by atoms with E-state index in [1.807, 2.05) is 12.1 Å². The maximum Gasteiger partial charge on any atom is 0.0503 e. The van der Waals surface area contributed by atoms with Gasteiger partial charge in [0.05, 0.1) is 5.69 Å². The number of rotatable bonds is 1. The normalized spacial score (nSPS) is 17.5. The Kier molecular flexibility index (Phi) is 4.02. The van der Waals surface area contributed by atoms with Crippen molar-refractivity contribution in [1.82, 2.24) is 0 Å². The Balaban J connectivity index is 2.19. The lowest BCUT2D eigenvalue weighted by Gasteiger charge is -2.23. The maximum absolute atomic E-state index is 5.76. The topological polar surface area (TPSA) is 29.3 Å². The van der Waals surface area contributed by atoms with Gasteiger partial charge in [0.25, 0.3) is 0 Å². The molecule has 0 amide bonds. The molecule has 0 atom stereocenters. The fourth-order valence-electron chi connectivity index (χ4n) is 1.77. The summed E-state index contributed by atoms with van der Waals surface area (Å²) in [5, 5.41) is 0. The van der Waals surface area contributed by atoms with Gasteiger partial charge in [-0.15, -0.1) is 0 Å². The summed E-state index contributed by atoms with van der Waals surface area (Å²) in [7, 11) is 0. The van der Waals surface area contributed by atoms with Crippen LogP contribution in [0.25, 0.3) is 0 Å². The van der Waals surface area contributed by atoms with Crippen molar-refractivity contribution in [2.45, 2.75) is 6.42 Å². The third-order valence-corrected chi connectivity index (χ3v) is 4.45. The van der Waals surface area contributed by atoms with Gasteiger partial charge in [-0.1, -0.05) is 0 Å². The van der Waals surface area contributed by atoms with Crippen LogP contribution in [0.5, 0.6) is 0 Å². The first-order valence-corrected chi connectivity index (χ1v) is 7.38. The van der Waals surface area contributed by atoms with E-state index in [-0.39, 0.29) is 0 Å². The lowest BCUT2D eigenvalue weighted by atomic mass is 10.2. The van der Waals surface area contributed by atoms with Crippen LogP contribution in [0, 0.1) is 3.57 Å². The van der Waals surface area contributed by atoms with E-state index >= 15 is 0 Å². The van der Waals surface area contributed by atoms with Gasteiger partial charge in [0.2, 0.25) is 0 Å². The molecule has 2 N–H and O–H groups in total. The SMILES string of the molecule is Nc1ccc(N2CCCSCC2)c(I)c1. The van der Waals surface area contributed by atoms with Crippen LogP contribution in [0.3, 0.4) is 0 Å². The van der Waals surface area contributed by atoms with Crippen LogP contribution in [0.15, 0.2) is 18.2 Å². The average molecular weight is 334 g/mol. The molecule has 1 aromatic rings. The molecule has 1 aliphatic rings. The second kappa shape index (κ2) is 5.30. The van der Waals surface area contributed by atoms with E-state index in [4.69, 9.17) is 5.73 Å². The molecule has 4 heteroatoms. The fraction of sp³-hybridized carbons (Fsp3) is 0.455. The molecule has 1 aromatic carbocycles. The zero-order valence-corrected chi connectivity index (χ0v) is 11.6. The number of nitrogens with zero attached hydrogens (tertiary/aromatic N) is 1. The minimum Gasteiger partial charge on any atom is -0.399 e. The molecular formula is C11H15IN2S.